The standard InChI is InChI=1S/C18H25N7O/c1-13(2)24-7-6-19-17(24)12-23-8-9-25-14(11-23)10-15(21-25)18(26)16-4-5-20-22(16)3/h4-7,10,13,18,26H,8-9,11-12H2,1-3H3. The van der Waals surface area contributed by atoms with Gasteiger partial charge in [0.25, 0.3) is 0 Å². The molecule has 0 aromatic carbocycles. The van der Waals surface area contributed by atoms with E-state index in [0.29, 0.717) is 11.7 Å². The molecule has 1 unspecified atom stereocenters. The summed E-state index contributed by atoms with van der Waals surface area (Å²) in [4.78, 5) is 6.89. The van der Waals surface area contributed by atoms with Crippen LogP contribution in [0.4, 0.5) is 0 Å². The van der Waals surface area contributed by atoms with Crippen molar-refractivity contribution in [2.24, 2.45) is 7.05 Å². The average Bonchev–Trinajstić information content (AvgIpc) is 3.32. The Labute approximate surface area is 152 Å². The number of aliphatic hydroxyl groups excluding tert-OH is 1. The number of fused-ring (bicyclic) bond motifs is 1. The lowest BCUT2D eigenvalue weighted by molar-refractivity contribution is 0.192. The molecule has 0 radical (unpaired) electrons. The van der Waals surface area contributed by atoms with E-state index in [1.54, 1.807) is 10.9 Å². The number of aromatic nitrogens is 6. The summed E-state index contributed by atoms with van der Waals surface area (Å²) in [5, 5.41) is 19.3. The van der Waals surface area contributed by atoms with Crippen molar-refractivity contribution in [2.45, 2.75) is 45.6 Å². The second kappa shape index (κ2) is 6.69. The number of aryl methyl sites for hydroxylation is 1. The molecule has 26 heavy (non-hydrogen) atoms. The first-order valence-corrected chi connectivity index (χ1v) is 8.99. The monoisotopic (exact) mass is 355 g/mol. The zero-order chi connectivity index (χ0) is 18.3. The van der Waals surface area contributed by atoms with E-state index < -0.39 is 6.10 Å². The van der Waals surface area contributed by atoms with Gasteiger partial charge in [-0.3, -0.25) is 14.3 Å². The van der Waals surface area contributed by atoms with Crippen LogP contribution in [0.2, 0.25) is 0 Å². The average molecular weight is 355 g/mol. The third kappa shape index (κ3) is 3.06. The molecular formula is C18H25N7O. The fraction of sp³-hybridized carbons (Fsp3) is 0.500. The van der Waals surface area contributed by atoms with Gasteiger partial charge >= 0.3 is 0 Å². The second-order valence-electron chi connectivity index (χ2n) is 7.12. The largest absolute Gasteiger partial charge is 0.380 e. The Balaban J connectivity index is 1.50. The van der Waals surface area contributed by atoms with Crippen LogP contribution in [0.3, 0.4) is 0 Å². The first kappa shape index (κ1) is 17.0. The number of rotatable bonds is 5. The van der Waals surface area contributed by atoms with Crippen molar-refractivity contribution >= 4 is 0 Å². The van der Waals surface area contributed by atoms with Gasteiger partial charge in [-0.2, -0.15) is 10.2 Å². The third-order valence-corrected chi connectivity index (χ3v) is 4.99. The minimum atomic E-state index is -0.756. The molecule has 4 rings (SSSR count). The molecular weight excluding hydrogens is 330 g/mol. The second-order valence-corrected chi connectivity index (χ2v) is 7.12. The van der Waals surface area contributed by atoms with Crippen LogP contribution in [-0.4, -0.2) is 45.7 Å². The van der Waals surface area contributed by atoms with E-state index >= 15 is 0 Å². The van der Waals surface area contributed by atoms with Gasteiger partial charge in [0.1, 0.15) is 11.9 Å². The van der Waals surface area contributed by atoms with Crippen LogP contribution in [0.15, 0.2) is 30.7 Å². The lowest BCUT2D eigenvalue weighted by atomic mass is 10.1. The quantitative estimate of drug-likeness (QED) is 0.750. The highest BCUT2D eigenvalue weighted by molar-refractivity contribution is 5.22. The summed E-state index contributed by atoms with van der Waals surface area (Å²) >= 11 is 0. The van der Waals surface area contributed by atoms with Crippen molar-refractivity contribution in [3.63, 3.8) is 0 Å². The summed E-state index contributed by atoms with van der Waals surface area (Å²) in [6.07, 6.45) is 4.84. The highest BCUT2D eigenvalue weighted by atomic mass is 16.3. The summed E-state index contributed by atoms with van der Waals surface area (Å²) < 4.78 is 5.89. The molecule has 8 heteroatoms. The topological polar surface area (TPSA) is 76.9 Å². The van der Waals surface area contributed by atoms with Crippen LogP contribution < -0.4 is 0 Å². The van der Waals surface area contributed by atoms with E-state index in [2.05, 4.69) is 38.5 Å². The van der Waals surface area contributed by atoms with Crippen molar-refractivity contribution in [3.05, 3.63) is 53.6 Å². The molecule has 1 aliphatic heterocycles. The zero-order valence-electron chi connectivity index (χ0n) is 15.4. The first-order valence-electron chi connectivity index (χ1n) is 8.99. The fourth-order valence-electron chi connectivity index (χ4n) is 3.55. The molecule has 1 aliphatic rings. The molecule has 0 bridgehead atoms. The molecule has 0 fully saturated rings. The highest BCUT2D eigenvalue weighted by Gasteiger charge is 2.24. The SMILES string of the molecule is CC(C)n1ccnc1CN1CCn2nc(C(O)c3ccnn3C)cc2C1. The molecule has 1 N–H and O–H groups in total. The van der Waals surface area contributed by atoms with Crippen LogP contribution in [0, 0.1) is 0 Å². The third-order valence-electron chi connectivity index (χ3n) is 4.99. The Morgan fingerprint density at radius 3 is 2.81 bits per heavy atom. The molecule has 3 aromatic rings. The van der Waals surface area contributed by atoms with E-state index in [9.17, 15) is 5.11 Å². The van der Waals surface area contributed by atoms with Crippen LogP contribution >= 0.6 is 0 Å². The molecule has 8 nitrogen and oxygen atoms in total. The molecule has 0 saturated heterocycles. The van der Waals surface area contributed by atoms with Gasteiger partial charge in [-0.25, -0.2) is 4.98 Å². The van der Waals surface area contributed by atoms with Gasteiger partial charge < -0.3 is 9.67 Å². The van der Waals surface area contributed by atoms with Gasteiger partial charge in [0.15, 0.2) is 0 Å². The molecule has 138 valence electrons. The molecule has 3 aromatic heterocycles. The Morgan fingerprint density at radius 1 is 1.23 bits per heavy atom. The van der Waals surface area contributed by atoms with E-state index in [-0.39, 0.29) is 0 Å². The van der Waals surface area contributed by atoms with Gasteiger partial charge in [-0.05, 0) is 26.0 Å². The normalized spacial score (nSPS) is 16.2. The predicted octanol–water partition coefficient (Wildman–Crippen LogP) is 1.49. The predicted molar refractivity (Wildman–Crippen MR) is 96.2 cm³/mol. The van der Waals surface area contributed by atoms with E-state index in [1.165, 1.54) is 0 Å². The van der Waals surface area contributed by atoms with Crippen molar-refractivity contribution in [3.8, 4) is 0 Å². The van der Waals surface area contributed by atoms with Crippen molar-refractivity contribution in [1.29, 1.82) is 0 Å². The molecule has 0 aliphatic carbocycles. The van der Waals surface area contributed by atoms with Gasteiger partial charge in [0, 0.05) is 44.8 Å². The maximum atomic E-state index is 10.6. The lowest BCUT2D eigenvalue weighted by Crippen LogP contribution is -2.34. The van der Waals surface area contributed by atoms with E-state index in [1.807, 2.05) is 36.3 Å². The zero-order valence-corrected chi connectivity index (χ0v) is 15.4. The van der Waals surface area contributed by atoms with Crippen molar-refractivity contribution in [1.82, 2.24) is 34.0 Å². The maximum Gasteiger partial charge on any atom is 0.139 e. The van der Waals surface area contributed by atoms with E-state index in [4.69, 9.17) is 0 Å². The van der Waals surface area contributed by atoms with Gasteiger partial charge in [0.05, 0.1) is 30.2 Å². The maximum absolute atomic E-state index is 10.6. The fourth-order valence-corrected chi connectivity index (χ4v) is 3.55. The van der Waals surface area contributed by atoms with Gasteiger partial charge in [-0.1, -0.05) is 0 Å². The summed E-state index contributed by atoms with van der Waals surface area (Å²) in [5.41, 5.74) is 2.54. The number of nitrogens with zero attached hydrogens (tertiary/aromatic N) is 7. The van der Waals surface area contributed by atoms with Crippen LogP contribution in [0.1, 0.15) is 48.9 Å². The molecule has 0 amide bonds. The smallest absolute Gasteiger partial charge is 0.139 e. The molecule has 1 atom stereocenters. The molecule has 4 heterocycles. The number of hydrogen-bond donors (Lipinski definition) is 1. The molecule has 0 spiro atoms. The number of aliphatic hydroxyl groups is 1. The Kier molecular flexibility index (Phi) is 4.37. The summed E-state index contributed by atoms with van der Waals surface area (Å²) in [6.45, 7) is 7.69. The van der Waals surface area contributed by atoms with Gasteiger partial charge in [-0.15, -0.1) is 0 Å². The Bertz CT molecular complexity index is 891. The minimum absolute atomic E-state index is 0.406. The Morgan fingerprint density at radius 2 is 2.08 bits per heavy atom. The van der Waals surface area contributed by atoms with Gasteiger partial charge in [0.2, 0.25) is 0 Å². The Hall–Kier alpha value is -2.45. The van der Waals surface area contributed by atoms with E-state index in [0.717, 1.165) is 43.4 Å². The van der Waals surface area contributed by atoms with Crippen LogP contribution in [-0.2, 0) is 26.7 Å². The van der Waals surface area contributed by atoms with Crippen LogP contribution in [0.5, 0.6) is 0 Å². The van der Waals surface area contributed by atoms with Crippen molar-refractivity contribution < 1.29 is 5.11 Å². The summed E-state index contributed by atoms with van der Waals surface area (Å²) in [5.74, 6) is 1.09. The summed E-state index contributed by atoms with van der Waals surface area (Å²) in [6, 6.07) is 4.23. The number of hydrogen-bond acceptors (Lipinski definition) is 5. The van der Waals surface area contributed by atoms with Crippen molar-refractivity contribution in [2.75, 3.05) is 6.54 Å². The lowest BCUT2D eigenvalue weighted by Gasteiger charge is -2.27. The highest BCUT2D eigenvalue weighted by Crippen LogP contribution is 2.24. The summed E-state index contributed by atoms with van der Waals surface area (Å²) in [7, 11) is 1.83. The van der Waals surface area contributed by atoms with Crippen LogP contribution in [0.25, 0.3) is 0 Å². The minimum Gasteiger partial charge on any atom is -0.380 e. The first-order chi connectivity index (χ1) is 12.5. The number of imidazole rings is 1. The molecule has 0 saturated carbocycles.